The van der Waals surface area contributed by atoms with Crippen molar-refractivity contribution < 1.29 is 9.53 Å². The monoisotopic (exact) mass is 226 g/mol. The fourth-order valence-corrected chi connectivity index (χ4v) is 1.81. The summed E-state index contributed by atoms with van der Waals surface area (Å²) in [5.41, 5.74) is 6.81. The molecule has 1 heterocycles. The summed E-state index contributed by atoms with van der Waals surface area (Å²) in [6, 6.07) is 3.30. The number of fused-ring (bicyclic) bond motifs is 1. The standard InChI is InChI=1S/C10H11ClN2O2/c1-13-8-5-6(12)4-7(11)10(8)15-3-2-9(13)14/h4-5H,2-3,12H2,1H3. The molecule has 1 aliphatic rings. The fraction of sp³-hybridized carbons (Fsp3) is 0.300. The molecule has 80 valence electrons. The summed E-state index contributed by atoms with van der Waals surface area (Å²) in [5, 5.41) is 0.437. The number of carbonyl (C=O) groups excluding carboxylic acids is 1. The lowest BCUT2D eigenvalue weighted by Gasteiger charge is -2.17. The Balaban J connectivity index is 2.58. The van der Waals surface area contributed by atoms with Gasteiger partial charge in [-0.15, -0.1) is 0 Å². The molecule has 0 saturated carbocycles. The van der Waals surface area contributed by atoms with Crippen LogP contribution in [0.4, 0.5) is 11.4 Å². The predicted molar refractivity (Wildman–Crippen MR) is 59.4 cm³/mol. The van der Waals surface area contributed by atoms with E-state index in [1.54, 1.807) is 19.2 Å². The Hall–Kier alpha value is -1.42. The summed E-state index contributed by atoms with van der Waals surface area (Å²) in [4.78, 5) is 13.1. The number of anilines is 2. The third-order valence-corrected chi connectivity index (χ3v) is 2.62. The van der Waals surface area contributed by atoms with E-state index >= 15 is 0 Å². The Bertz CT molecular complexity index is 420. The van der Waals surface area contributed by atoms with Gasteiger partial charge in [0.2, 0.25) is 5.91 Å². The molecule has 0 aromatic heterocycles. The lowest BCUT2D eigenvalue weighted by Crippen LogP contribution is -2.25. The summed E-state index contributed by atoms with van der Waals surface area (Å²) in [6.07, 6.45) is 0.349. The van der Waals surface area contributed by atoms with Gasteiger partial charge in [-0.2, -0.15) is 0 Å². The molecular weight excluding hydrogens is 216 g/mol. The van der Waals surface area contributed by atoms with Gasteiger partial charge in [0.15, 0.2) is 5.75 Å². The van der Waals surface area contributed by atoms with Gasteiger partial charge in [-0.05, 0) is 12.1 Å². The number of amides is 1. The lowest BCUT2D eigenvalue weighted by atomic mass is 10.2. The molecule has 1 aliphatic heterocycles. The molecule has 15 heavy (non-hydrogen) atoms. The number of rotatable bonds is 0. The summed E-state index contributed by atoms with van der Waals surface area (Å²) in [7, 11) is 1.69. The lowest BCUT2D eigenvalue weighted by molar-refractivity contribution is -0.118. The molecule has 0 atom stereocenters. The highest BCUT2D eigenvalue weighted by Crippen LogP contribution is 2.39. The first kappa shape index (κ1) is 10.1. The van der Waals surface area contributed by atoms with Crippen molar-refractivity contribution in [2.75, 3.05) is 24.3 Å². The maximum Gasteiger partial charge on any atom is 0.230 e. The van der Waals surface area contributed by atoms with E-state index in [0.717, 1.165) is 0 Å². The van der Waals surface area contributed by atoms with E-state index in [-0.39, 0.29) is 5.91 Å². The predicted octanol–water partition coefficient (Wildman–Crippen LogP) is 1.67. The van der Waals surface area contributed by atoms with Crippen LogP contribution in [0.1, 0.15) is 6.42 Å². The van der Waals surface area contributed by atoms with Crippen molar-refractivity contribution in [2.24, 2.45) is 0 Å². The minimum Gasteiger partial charge on any atom is -0.489 e. The smallest absolute Gasteiger partial charge is 0.230 e. The average Bonchev–Trinajstić information content (AvgIpc) is 2.30. The van der Waals surface area contributed by atoms with Gasteiger partial charge in [-0.25, -0.2) is 0 Å². The van der Waals surface area contributed by atoms with E-state index < -0.39 is 0 Å². The van der Waals surface area contributed by atoms with Gasteiger partial charge < -0.3 is 15.4 Å². The van der Waals surface area contributed by atoms with Crippen LogP contribution in [0.2, 0.25) is 5.02 Å². The second-order valence-corrected chi connectivity index (χ2v) is 3.81. The first-order valence-corrected chi connectivity index (χ1v) is 4.96. The van der Waals surface area contributed by atoms with Crippen molar-refractivity contribution >= 4 is 28.9 Å². The highest BCUT2D eigenvalue weighted by atomic mass is 35.5. The Labute approximate surface area is 92.6 Å². The van der Waals surface area contributed by atoms with E-state index in [1.807, 2.05) is 0 Å². The van der Waals surface area contributed by atoms with Crippen molar-refractivity contribution in [1.29, 1.82) is 0 Å². The molecule has 0 unspecified atom stereocenters. The van der Waals surface area contributed by atoms with Gasteiger partial charge in [0.05, 0.1) is 23.7 Å². The molecule has 5 heteroatoms. The Morgan fingerprint density at radius 1 is 1.53 bits per heavy atom. The number of nitrogens with two attached hydrogens (primary N) is 1. The second kappa shape index (κ2) is 3.62. The topological polar surface area (TPSA) is 55.6 Å². The molecule has 4 nitrogen and oxygen atoms in total. The highest BCUT2D eigenvalue weighted by Gasteiger charge is 2.22. The van der Waals surface area contributed by atoms with E-state index in [9.17, 15) is 4.79 Å². The molecule has 1 aromatic carbocycles. The summed E-state index contributed by atoms with van der Waals surface area (Å²) >= 11 is 5.99. The molecule has 1 aromatic rings. The number of nitrogen functional groups attached to an aromatic ring is 1. The van der Waals surface area contributed by atoms with Crippen molar-refractivity contribution in [2.45, 2.75) is 6.42 Å². The minimum absolute atomic E-state index is 0.00424. The third-order valence-electron chi connectivity index (χ3n) is 2.34. The molecule has 0 radical (unpaired) electrons. The molecule has 0 spiro atoms. The largest absolute Gasteiger partial charge is 0.489 e. The SMILES string of the molecule is CN1C(=O)CCOc2c(Cl)cc(N)cc21. The van der Waals surface area contributed by atoms with Crippen LogP contribution in [0.25, 0.3) is 0 Å². The fourth-order valence-electron chi connectivity index (χ4n) is 1.53. The quantitative estimate of drug-likeness (QED) is 0.685. The first-order chi connectivity index (χ1) is 7.09. The number of halogens is 1. The van der Waals surface area contributed by atoms with Crippen LogP contribution in [0, 0.1) is 0 Å². The van der Waals surface area contributed by atoms with Gasteiger partial charge >= 0.3 is 0 Å². The normalized spacial score (nSPS) is 15.6. The third kappa shape index (κ3) is 1.72. The number of hydrogen-bond acceptors (Lipinski definition) is 3. The van der Waals surface area contributed by atoms with E-state index in [4.69, 9.17) is 22.1 Å². The second-order valence-electron chi connectivity index (χ2n) is 3.40. The summed E-state index contributed by atoms with van der Waals surface area (Å²) < 4.78 is 5.43. The number of carbonyl (C=O) groups is 1. The number of ether oxygens (including phenoxy) is 1. The number of benzene rings is 1. The van der Waals surface area contributed by atoms with Crippen LogP contribution >= 0.6 is 11.6 Å². The van der Waals surface area contributed by atoms with Crippen LogP contribution in [0.5, 0.6) is 5.75 Å². The maximum absolute atomic E-state index is 11.6. The molecule has 2 N–H and O–H groups in total. The van der Waals surface area contributed by atoms with Crippen molar-refractivity contribution in [3.05, 3.63) is 17.2 Å². The molecule has 0 saturated heterocycles. The van der Waals surface area contributed by atoms with Crippen molar-refractivity contribution in [1.82, 2.24) is 0 Å². The van der Waals surface area contributed by atoms with Gasteiger partial charge in [-0.1, -0.05) is 11.6 Å². The highest BCUT2D eigenvalue weighted by molar-refractivity contribution is 6.33. The minimum atomic E-state index is -0.00424. The van der Waals surface area contributed by atoms with Crippen LogP contribution in [0.15, 0.2) is 12.1 Å². The Morgan fingerprint density at radius 2 is 2.27 bits per heavy atom. The zero-order chi connectivity index (χ0) is 11.0. The van der Waals surface area contributed by atoms with E-state index in [1.165, 1.54) is 4.90 Å². The van der Waals surface area contributed by atoms with Crippen LogP contribution < -0.4 is 15.4 Å². The zero-order valence-electron chi connectivity index (χ0n) is 8.29. The van der Waals surface area contributed by atoms with Crippen molar-refractivity contribution in [3.63, 3.8) is 0 Å². The summed E-state index contributed by atoms with van der Waals surface area (Å²) in [6.45, 7) is 0.347. The van der Waals surface area contributed by atoms with Crippen molar-refractivity contribution in [3.8, 4) is 5.75 Å². The Kier molecular flexibility index (Phi) is 2.44. The molecule has 1 amide bonds. The van der Waals surface area contributed by atoms with Crippen LogP contribution in [0.3, 0.4) is 0 Å². The number of nitrogens with zero attached hydrogens (tertiary/aromatic N) is 1. The van der Waals surface area contributed by atoms with E-state index in [0.29, 0.717) is 35.2 Å². The molecular formula is C10H11ClN2O2. The molecule has 2 rings (SSSR count). The molecule has 0 bridgehead atoms. The number of hydrogen-bond donors (Lipinski definition) is 1. The van der Waals surface area contributed by atoms with Crippen LogP contribution in [-0.4, -0.2) is 19.6 Å². The van der Waals surface area contributed by atoms with E-state index in [2.05, 4.69) is 0 Å². The van der Waals surface area contributed by atoms with Gasteiger partial charge in [0, 0.05) is 12.7 Å². The summed E-state index contributed by atoms with van der Waals surface area (Å²) in [5.74, 6) is 0.523. The average molecular weight is 227 g/mol. The van der Waals surface area contributed by atoms with Gasteiger partial charge in [0.1, 0.15) is 0 Å². The first-order valence-electron chi connectivity index (χ1n) is 4.58. The van der Waals surface area contributed by atoms with Gasteiger partial charge in [0.25, 0.3) is 0 Å². The zero-order valence-corrected chi connectivity index (χ0v) is 9.04. The molecule has 0 fully saturated rings. The van der Waals surface area contributed by atoms with Gasteiger partial charge in [-0.3, -0.25) is 4.79 Å². The maximum atomic E-state index is 11.6. The van der Waals surface area contributed by atoms with Crippen LogP contribution in [-0.2, 0) is 4.79 Å². The molecule has 0 aliphatic carbocycles. The Morgan fingerprint density at radius 3 is 3.00 bits per heavy atom.